The largest absolute Gasteiger partial charge is 0.459 e. The van der Waals surface area contributed by atoms with E-state index in [1.807, 2.05) is 25.1 Å². The van der Waals surface area contributed by atoms with Crippen molar-refractivity contribution >= 4 is 33.3 Å². The van der Waals surface area contributed by atoms with Gasteiger partial charge in [0.2, 0.25) is 5.82 Å². The molecular formula is C25H23F3N6O2S. The van der Waals surface area contributed by atoms with Gasteiger partial charge in [0.05, 0.1) is 22.8 Å². The van der Waals surface area contributed by atoms with E-state index in [0.717, 1.165) is 22.5 Å². The number of halogens is 3. The minimum Gasteiger partial charge on any atom is -0.459 e. The van der Waals surface area contributed by atoms with Gasteiger partial charge in [-0.3, -0.25) is 9.78 Å². The predicted octanol–water partition coefficient (Wildman–Crippen LogP) is 4.96. The first-order valence-corrected chi connectivity index (χ1v) is 11.9. The molecular weight excluding hydrogens is 505 g/mol. The van der Waals surface area contributed by atoms with E-state index in [1.54, 1.807) is 31.5 Å². The van der Waals surface area contributed by atoms with Gasteiger partial charge in [0, 0.05) is 24.5 Å². The van der Waals surface area contributed by atoms with Crippen LogP contribution in [0.5, 0.6) is 0 Å². The minimum atomic E-state index is -4.77. The van der Waals surface area contributed by atoms with Gasteiger partial charge in [-0.2, -0.15) is 13.2 Å². The number of hydrogen-bond acceptors (Lipinski definition) is 8. The number of nitrogens with zero attached hydrogens (tertiary/aromatic N) is 4. The lowest BCUT2D eigenvalue weighted by Crippen LogP contribution is -2.22. The first-order valence-electron chi connectivity index (χ1n) is 11.1. The predicted molar refractivity (Wildman–Crippen MR) is 135 cm³/mol. The Morgan fingerprint density at radius 3 is 2.76 bits per heavy atom. The number of carbonyl (C=O) groups is 1. The van der Waals surface area contributed by atoms with Gasteiger partial charge in [-0.1, -0.05) is 5.92 Å². The third-order valence-electron chi connectivity index (χ3n) is 5.29. The highest BCUT2D eigenvalue weighted by atomic mass is 32.1. The average Bonchev–Trinajstić information content (AvgIpc) is 3.50. The van der Waals surface area contributed by atoms with Gasteiger partial charge in [-0.25, -0.2) is 9.97 Å². The molecule has 8 nitrogen and oxygen atoms in total. The molecule has 0 aliphatic heterocycles. The fraction of sp³-hybridized carbons (Fsp3) is 0.280. The van der Waals surface area contributed by atoms with Crippen LogP contribution in [0.3, 0.4) is 0 Å². The van der Waals surface area contributed by atoms with Crippen LogP contribution >= 0.6 is 11.3 Å². The summed E-state index contributed by atoms with van der Waals surface area (Å²) in [6.45, 7) is 2.40. The molecule has 4 rings (SSSR count). The molecule has 1 amide bonds. The number of thiophene rings is 1. The Morgan fingerprint density at radius 1 is 1.27 bits per heavy atom. The van der Waals surface area contributed by atoms with E-state index in [2.05, 4.69) is 31.5 Å². The van der Waals surface area contributed by atoms with Crippen LogP contribution in [0.25, 0.3) is 21.5 Å². The van der Waals surface area contributed by atoms with Crippen molar-refractivity contribution < 1.29 is 22.4 Å². The number of carbonyl (C=O) groups excluding carboxylic acids is 1. The maximum absolute atomic E-state index is 13.5. The summed E-state index contributed by atoms with van der Waals surface area (Å²) in [5.41, 5.74) is 1.83. The van der Waals surface area contributed by atoms with E-state index in [-0.39, 0.29) is 27.5 Å². The lowest BCUT2D eigenvalue weighted by Gasteiger charge is -2.15. The standard InChI is InChI=1S/C25H23F3N6O2S/c1-5-9-30-22(35)20-11-16-21(32-24(25(26,27)28)33-23(16)37-20)31-14(2)18-6-7-19(36-18)17-12-29-10-8-15(17)13-34(3)4/h1,6-8,10-12,14H,9,13H2,2-4H3,(H,30,35)(H,31,32,33). The van der Waals surface area contributed by atoms with Gasteiger partial charge < -0.3 is 20.0 Å². The average molecular weight is 529 g/mol. The second kappa shape index (κ2) is 10.6. The van der Waals surface area contributed by atoms with Crippen molar-refractivity contribution in [3.05, 3.63) is 58.7 Å². The summed E-state index contributed by atoms with van der Waals surface area (Å²) in [5, 5.41) is 5.77. The van der Waals surface area contributed by atoms with Crippen LogP contribution in [-0.4, -0.2) is 46.4 Å². The molecule has 4 aromatic heterocycles. The zero-order chi connectivity index (χ0) is 26.7. The molecule has 1 atom stereocenters. The summed E-state index contributed by atoms with van der Waals surface area (Å²) >= 11 is 0.825. The lowest BCUT2D eigenvalue weighted by atomic mass is 10.1. The second-order valence-corrected chi connectivity index (χ2v) is 9.48. The zero-order valence-corrected chi connectivity index (χ0v) is 21.0. The van der Waals surface area contributed by atoms with E-state index in [0.29, 0.717) is 18.1 Å². The molecule has 0 saturated heterocycles. The maximum atomic E-state index is 13.5. The van der Waals surface area contributed by atoms with Crippen LogP contribution < -0.4 is 10.6 Å². The summed E-state index contributed by atoms with van der Waals surface area (Å²) in [6.07, 6.45) is 3.81. The molecule has 1 unspecified atom stereocenters. The van der Waals surface area contributed by atoms with Crippen LogP contribution in [-0.2, 0) is 12.7 Å². The number of anilines is 1. The van der Waals surface area contributed by atoms with Crippen molar-refractivity contribution in [2.45, 2.75) is 25.7 Å². The van der Waals surface area contributed by atoms with Crippen LogP contribution in [0.1, 0.15) is 39.8 Å². The number of aromatic nitrogens is 3. The molecule has 37 heavy (non-hydrogen) atoms. The van der Waals surface area contributed by atoms with Crippen molar-refractivity contribution in [3.8, 4) is 23.7 Å². The van der Waals surface area contributed by atoms with Crippen LogP contribution in [0.4, 0.5) is 19.0 Å². The van der Waals surface area contributed by atoms with Crippen LogP contribution in [0.2, 0.25) is 0 Å². The van der Waals surface area contributed by atoms with Crippen molar-refractivity contribution in [3.63, 3.8) is 0 Å². The molecule has 0 aromatic carbocycles. The normalized spacial score (nSPS) is 12.5. The van der Waals surface area contributed by atoms with Crippen molar-refractivity contribution in [2.24, 2.45) is 0 Å². The fourth-order valence-electron chi connectivity index (χ4n) is 3.62. The minimum absolute atomic E-state index is 0.0112. The lowest BCUT2D eigenvalue weighted by molar-refractivity contribution is -0.144. The molecule has 2 N–H and O–H groups in total. The van der Waals surface area contributed by atoms with Gasteiger partial charge in [-0.05, 0) is 50.8 Å². The number of furan rings is 1. The fourth-order valence-corrected chi connectivity index (χ4v) is 4.57. The Balaban J connectivity index is 1.67. The number of fused-ring (bicyclic) bond motifs is 1. The number of alkyl halides is 3. The van der Waals surface area contributed by atoms with Gasteiger partial charge in [0.15, 0.2) is 0 Å². The Kier molecular flexibility index (Phi) is 7.47. The van der Waals surface area contributed by atoms with Crippen LogP contribution in [0, 0.1) is 12.3 Å². The molecule has 0 spiro atoms. The highest BCUT2D eigenvalue weighted by Crippen LogP contribution is 2.36. The highest BCUT2D eigenvalue weighted by molar-refractivity contribution is 7.20. The van der Waals surface area contributed by atoms with Gasteiger partial charge in [0.25, 0.3) is 5.91 Å². The number of rotatable bonds is 8. The molecule has 192 valence electrons. The summed E-state index contributed by atoms with van der Waals surface area (Å²) < 4.78 is 46.6. The number of hydrogen-bond donors (Lipinski definition) is 2. The number of nitrogens with one attached hydrogen (secondary N) is 2. The Labute approximate surface area is 214 Å². The van der Waals surface area contributed by atoms with Gasteiger partial charge >= 0.3 is 6.18 Å². The molecule has 0 saturated carbocycles. The van der Waals surface area contributed by atoms with E-state index in [1.165, 1.54) is 6.07 Å². The highest BCUT2D eigenvalue weighted by Gasteiger charge is 2.36. The topological polar surface area (TPSA) is 96.2 Å². The van der Waals surface area contributed by atoms with Crippen molar-refractivity contribution in [1.82, 2.24) is 25.2 Å². The Morgan fingerprint density at radius 2 is 2.05 bits per heavy atom. The quantitative estimate of drug-likeness (QED) is 0.312. The molecule has 12 heteroatoms. The van der Waals surface area contributed by atoms with Crippen molar-refractivity contribution in [2.75, 3.05) is 26.0 Å². The zero-order valence-electron chi connectivity index (χ0n) is 20.2. The first-order chi connectivity index (χ1) is 17.6. The third-order valence-corrected chi connectivity index (χ3v) is 6.32. The van der Waals surface area contributed by atoms with E-state index in [4.69, 9.17) is 10.8 Å². The molecule has 0 fully saturated rings. The Hall–Kier alpha value is -3.95. The van der Waals surface area contributed by atoms with E-state index < -0.39 is 23.9 Å². The summed E-state index contributed by atoms with van der Waals surface area (Å²) in [6, 6.07) is 6.33. The second-order valence-electron chi connectivity index (χ2n) is 8.45. The van der Waals surface area contributed by atoms with Crippen molar-refractivity contribution in [1.29, 1.82) is 0 Å². The monoisotopic (exact) mass is 528 g/mol. The van der Waals surface area contributed by atoms with E-state index in [9.17, 15) is 18.0 Å². The van der Waals surface area contributed by atoms with Gasteiger partial charge in [0.1, 0.15) is 22.2 Å². The first kappa shape index (κ1) is 26.1. The summed E-state index contributed by atoms with van der Waals surface area (Å²) in [5.74, 6) is 1.47. The molecule has 4 heterocycles. The number of amides is 1. The smallest absolute Gasteiger partial charge is 0.451 e. The molecule has 0 radical (unpaired) electrons. The van der Waals surface area contributed by atoms with E-state index >= 15 is 0 Å². The summed E-state index contributed by atoms with van der Waals surface area (Å²) in [7, 11) is 3.91. The molecule has 0 bridgehead atoms. The molecule has 0 aliphatic carbocycles. The summed E-state index contributed by atoms with van der Waals surface area (Å²) in [4.78, 5) is 26.1. The Bertz CT molecular complexity index is 1470. The van der Waals surface area contributed by atoms with Gasteiger partial charge in [-0.15, -0.1) is 17.8 Å². The number of terminal acetylenes is 1. The van der Waals surface area contributed by atoms with Crippen LogP contribution in [0.15, 0.2) is 41.1 Å². The maximum Gasteiger partial charge on any atom is 0.451 e. The molecule has 0 aliphatic rings. The molecule has 4 aromatic rings. The third kappa shape index (κ3) is 5.90. The SMILES string of the molecule is C#CCNC(=O)c1cc2c(NC(C)c3ccc(-c4cnccc4CN(C)C)o3)nc(C(F)(F)F)nc2s1. The number of pyridine rings is 1.